The van der Waals surface area contributed by atoms with E-state index in [0.29, 0.717) is 22.4 Å². The Labute approximate surface area is 201 Å². The summed E-state index contributed by atoms with van der Waals surface area (Å²) in [5.41, 5.74) is 4.34. The van der Waals surface area contributed by atoms with Crippen molar-refractivity contribution in [3.8, 4) is 0 Å². The van der Waals surface area contributed by atoms with E-state index in [1.165, 1.54) is 11.3 Å². The number of anilines is 3. The van der Waals surface area contributed by atoms with Gasteiger partial charge in [-0.2, -0.15) is 0 Å². The van der Waals surface area contributed by atoms with Gasteiger partial charge in [0.25, 0.3) is 0 Å². The summed E-state index contributed by atoms with van der Waals surface area (Å²) in [5.74, 6) is -0.689. The number of benzene rings is 3. The molecule has 2 amide bonds. The van der Waals surface area contributed by atoms with Crippen LogP contribution in [0.15, 0.2) is 66.7 Å². The normalized spacial score (nSPS) is 15.9. The molecule has 0 spiro atoms. The number of halogens is 1. The lowest BCUT2D eigenvalue weighted by molar-refractivity contribution is -0.123. The Morgan fingerprint density at radius 2 is 1.85 bits per heavy atom. The van der Waals surface area contributed by atoms with Crippen molar-refractivity contribution < 1.29 is 9.59 Å². The molecular formula is C26H22ClN3O2S. The molecule has 0 N–H and O–H groups in total. The Morgan fingerprint density at radius 3 is 2.58 bits per heavy atom. The third kappa shape index (κ3) is 4.12. The van der Waals surface area contributed by atoms with Crippen LogP contribution >= 0.6 is 22.9 Å². The number of amides is 2. The zero-order chi connectivity index (χ0) is 23.1. The molecule has 5 nitrogen and oxygen atoms in total. The van der Waals surface area contributed by atoms with Crippen molar-refractivity contribution in [2.75, 3.05) is 16.3 Å². The third-order valence-corrected chi connectivity index (χ3v) is 7.36. The lowest BCUT2D eigenvalue weighted by Gasteiger charge is -2.24. The second kappa shape index (κ2) is 8.61. The molecule has 1 saturated heterocycles. The number of para-hydroxylation sites is 1. The zero-order valence-corrected chi connectivity index (χ0v) is 19.9. The van der Waals surface area contributed by atoms with E-state index in [1.807, 2.05) is 74.5 Å². The Balaban J connectivity index is 1.52. The molecule has 0 aliphatic carbocycles. The molecule has 0 bridgehead atoms. The van der Waals surface area contributed by atoms with Crippen molar-refractivity contribution in [3.05, 3.63) is 82.9 Å². The summed E-state index contributed by atoms with van der Waals surface area (Å²) < 4.78 is 0.993. The molecule has 1 fully saturated rings. The van der Waals surface area contributed by atoms with Gasteiger partial charge in [0.05, 0.1) is 21.8 Å². The van der Waals surface area contributed by atoms with Gasteiger partial charge in [0.15, 0.2) is 5.13 Å². The summed E-state index contributed by atoms with van der Waals surface area (Å²) in [6.07, 6.45) is 0.160. The summed E-state index contributed by atoms with van der Waals surface area (Å²) in [7, 11) is 0. The van der Waals surface area contributed by atoms with Crippen molar-refractivity contribution in [2.45, 2.75) is 20.3 Å². The van der Waals surface area contributed by atoms with E-state index in [9.17, 15) is 9.59 Å². The molecule has 1 aromatic heterocycles. The van der Waals surface area contributed by atoms with Crippen LogP contribution in [0, 0.1) is 19.8 Å². The number of carbonyl (C=O) groups excluding carboxylic acids is 2. The fourth-order valence-corrected chi connectivity index (χ4v) is 5.21. The van der Waals surface area contributed by atoms with Crippen LogP contribution in [0.5, 0.6) is 0 Å². The van der Waals surface area contributed by atoms with Crippen LogP contribution in [-0.4, -0.2) is 23.3 Å². The number of carbonyl (C=O) groups is 2. The summed E-state index contributed by atoms with van der Waals surface area (Å²) >= 11 is 7.86. The number of nitrogens with zero attached hydrogens (tertiary/aromatic N) is 3. The van der Waals surface area contributed by atoms with Crippen LogP contribution in [0.3, 0.4) is 0 Å². The smallest absolute Gasteiger partial charge is 0.238 e. The maximum Gasteiger partial charge on any atom is 0.238 e. The minimum absolute atomic E-state index is 0.0524. The molecule has 3 aromatic carbocycles. The predicted molar refractivity (Wildman–Crippen MR) is 135 cm³/mol. The molecule has 166 valence electrons. The highest BCUT2D eigenvalue weighted by molar-refractivity contribution is 7.22. The van der Waals surface area contributed by atoms with Crippen molar-refractivity contribution in [1.29, 1.82) is 0 Å². The minimum Gasteiger partial charge on any atom is -0.312 e. The number of fused-ring (bicyclic) bond motifs is 1. The molecule has 0 saturated carbocycles. The van der Waals surface area contributed by atoms with Gasteiger partial charge in [0.2, 0.25) is 11.8 Å². The Morgan fingerprint density at radius 1 is 1.09 bits per heavy atom. The van der Waals surface area contributed by atoms with E-state index in [1.54, 1.807) is 15.9 Å². The molecule has 4 aromatic rings. The Bertz CT molecular complexity index is 1330. The topological polar surface area (TPSA) is 53.5 Å². The highest BCUT2D eigenvalue weighted by Gasteiger charge is 2.39. The molecule has 1 atom stereocenters. The third-order valence-electron chi connectivity index (χ3n) is 5.93. The van der Waals surface area contributed by atoms with Gasteiger partial charge in [0.1, 0.15) is 0 Å². The fourth-order valence-electron chi connectivity index (χ4n) is 4.04. The second-order valence-corrected chi connectivity index (χ2v) is 9.73. The van der Waals surface area contributed by atoms with Crippen LogP contribution < -0.4 is 9.80 Å². The van der Waals surface area contributed by atoms with Gasteiger partial charge in [-0.25, -0.2) is 4.98 Å². The summed E-state index contributed by atoms with van der Waals surface area (Å²) in [4.78, 5) is 34.7. The maximum atomic E-state index is 13.9. The highest BCUT2D eigenvalue weighted by atomic mass is 35.5. The van der Waals surface area contributed by atoms with Gasteiger partial charge in [-0.15, -0.1) is 0 Å². The van der Waals surface area contributed by atoms with Gasteiger partial charge in [-0.3, -0.25) is 14.5 Å². The van der Waals surface area contributed by atoms with E-state index in [0.717, 1.165) is 27.0 Å². The van der Waals surface area contributed by atoms with Crippen molar-refractivity contribution in [3.63, 3.8) is 0 Å². The number of hydrogen-bond donors (Lipinski definition) is 0. The number of hydrogen-bond acceptors (Lipinski definition) is 4. The molecule has 2 heterocycles. The standard InChI is InChI=1S/C26H22ClN3O2S/c1-16-7-10-19(11-8-16)29-15-18(13-24(29)31)25(32)30(20-12-9-17(2)21(27)14-20)26-28-22-5-3-4-6-23(22)33-26/h3-12,14,18H,13,15H2,1-2H3/t18-/m1/s1. The van der Waals surface area contributed by atoms with Crippen molar-refractivity contribution in [1.82, 2.24) is 4.98 Å². The second-order valence-electron chi connectivity index (χ2n) is 8.31. The molecule has 5 rings (SSSR count). The van der Waals surface area contributed by atoms with Crippen molar-refractivity contribution >= 4 is 61.5 Å². The summed E-state index contributed by atoms with van der Waals surface area (Å²) in [5, 5.41) is 1.15. The lowest BCUT2D eigenvalue weighted by atomic mass is 10.1. The molecule has 0 radical (unpaired) electrons. The molecule has 7 heteroatoms. The Hall–Kier alpha value is -3.22. The minimum atomic E-state index is -0.481. The first kappa shape index (κ1) is 21.6. The first-order valence-corrected chi connectivity index (χ1v) is 11.9. The Kier molecular flexibility index (Phi) is 5.64. The van der Waals surface area contributed by atoms with E-state index >= 15 is 0 Å². The average molecular weight is 476 g/mol. The predicted octanol–water partition coefficient (Wildman–Crippen LogP) is 6.28. The van der Waals surface area contributed by atoms with Crippen LogP contribution in [0.4, 0.5) is 16.5 Å². The van der Waals surface area contributed by atoms with Gasteiger partial charge < -0.3 is 4.90 Å². The van der Waals surface area contributed by atoms with Crippen molar-refractivity contribution in [2.24, 2.45) is 5.92 Å². The number of thiazole rings is 1. The van der Waals surface area contributed by atoms with Gasteiger partial charge in [0, 0.05) is 23.7 Å². The first-order chi connectivity index (χ1) is 15.9. The highest BCUT2D eigenvalue weighted by Crippen LogP contribution is 2.37. The van der Waals surface area contributed by atoms with Crippen LogP contribution in [0.25, 0.3) is 10.2 Å². The van der Waals surface area contributed by atoms with Crippen LogP contribution in [0.2, 0.25) is 5.02 Å². The molecule has 1 aliphatic rings. The van der Waals surface area contributed by atoms with Gasteiger partial charge >= 0.3 is 0 Å². The quantitative estimate of drug-likeness (QED) is 0.349. The van der Waals surface area contributed by atoms with Gasteiger partial charge in [-0.1, -0.05) is 58.8 Å². The summed E-state index contributed by atoms with van der Waals surface area (Å²) in [6.45, 7) is 4.26. The molecule has 1 aliphatic heterocycles. The molecular weight excluding hydrogens is 454 g/mol. The fraction of sp³-hybridized carbons (Fsp3) is 0.192. The van der Waals surface area contributed by atoms with Gasteiger partial charge in [-0.05, 0) is 55.8 Å². The van der Waals surface area contributed by atoms with E-state index in [-0.39, 0.29) is 18.2 Å². The summed E-state index contributed by atoms with van der Waals surface area (Å²) in [6, 6.07) is 21.1. The van der Waals surface area contributed by atoms with E-state index < -0.39 is 5.92 Å². The average Bonchev–Trinajstić information content (AvgIpc) is 3.40. The van der Waals surface area contributed by atoms with Crippen LogP contribution in [0.1, 0.15) is 17.5 Å². The first-order valence-electron chi connectivity index (χ1n) is 10.7. The zero-order valence-electron chi connectivity index (χ0n) is 18.3. The van der Waals surface area contributed by atoms with E-state index in [2.05, 4.69) is 0 Å². The maximum absolute atomic E-state index is 13.9. The number of rotatable bonds is 4. The molecule has 0 unspecified atom stereocenters. The van der Waals surface area contributed by atoms with E-state index in [4.69, 9.17) is 16.6 Å². The molecule has 33 heavy (non-hydrogen) atoms. The largest absolute Gasteiger partial charge is 0.312 e. The number of aryl methyl sites for hydroxylation is 2. The number of aromatic nitrogens is 1. The van der Waals surface area contributed by atoms with Crippen LogP contribution in [-0.2, 0) is 9.59 Å². The lowest BCUT2D eigenvalue weighted by Crippen LogP contribution is -2.34. The monoisotopic (exact) mass is 475 g/mol. The SMILES string of the molecule is Cc1ccc(N2C[C@H](C(=O)N(c3ccc(C)c(Cl)c3)c3nc4ccccc4s3)CC2=O)cc1.